The molecule has 0 saturated carbocycles. The molecule has 3 aromatic carbocycles. The Morgan fingerprint density at radius 3 is 2.78 bits per heavy atom. The third-order valence-electron chi connectivity index (χ3n) is 6.09. The van der Waals surface area contributed by atoms with Crippen molar-refractivity contribution in [2.24, 2.45) is 5.92 Å². The van der Waals surface area contributed by atoms with Gasteiger partial charge in [-0.25, -0.2) is 9.97 Å². The second-order valence-corrected chi connectivity index (χ2v) is 9.12. The third-order valence-corrected chi connectivity index (χ3v) is 6.38. The van der Waals surface area contributed by atoms with Gasteiger partial charge in [0, 0.05) is 42.6 Å². The van der Waals surface area contributed by atoms with Crippen molar-refractivity contribution in [1.29, 1.82) is 0 Å². The fraction of sp³-hybridized carbons (Fsp3) is 0.207. The number of nitrogens with zero attached hydrogens (tertiary/aromatic N) is 3. The molecule has 1 fully saturated rings. The Bertz CT molecular complexity index is 1460. The SMILES string of the molecule is CC(=O)N1CCCC(C#Cc2ccc3ncnc(Nc4ccc(Oc5ccccc5)c(Cl)c4)c3c2)C1. The van der Waals surface area contributed by atoms with E-state index in [4.69, 9.17) is 16.3 Å². The van der Waals surface area contributed by atoms with E-state index in [1.165, 1.54) is 6.33 Å². The Balaban J connectivity index is 1.36. The van der Waals surface area contributed by atoms with E-state index >= 15 is 0 Å². The molecule has 0 bridgehead atoms. The molecule has 2 heterocycles. The van der Waals surface area contributed by atoms with Gasteiger partial charge in [0.05, 0.1) is 10.5 Å². The fourth-order valence-corrected chi connectivity index (χ4v) is 4.43. The van der Waals surface area contributed by atoms with Crippen LogP contribution in [0, 0.1) is 17.8 Å². The highest BCUT2D eigenvalue weighted by molar-refractivity contribution is 6.32. The van der Waals surface area contributed by atoms with Crippen molar-refractivity contribution in [2.45, 2.75) is 19.8 Å². The van der Waals surface area contributed by atoms with Crippen LogP contribution in [0.1, 0.15) is 25.3 Å². The Hall–Kier alpha value is -4.08. The standard InChI is InChI=1S/C29H25ClN4O2/c1-20(35)34-15-5-6-22(18-34)10-9-21-11-13-27-25(16-21)29(32-19-31-27)33-23-12-14-28(26(30)17-23)36-24-7-3-2-4-8-24/h2-4,7-8,11-14,16-17,19,22H,5-6,15,18H2,1H3,(H,31,32,33). The Morgan fingerprint density at radius 1 is 1.11 bits per heavy atom. The number of piperidine rings is 1. The van der Waals surface area contributed by atoms with Crippen molar-refractivity contribution in [3.05, 3.63) is 83.6 Å². The first-order valence-electron chi connectivity index (χ1n) is 11.9. The van der Waals surface area contributed by atoms with Crippen LogP contribution in [0.15, 0.2) is 73.1 Å². The summed E-state index contributed by atoms with van der Waals surface area (Å²) >= 11 is 6.49. The van der Waals surface area contributed by atoms with Crippen molar-refractivity contribution in [3.63, 3.8) is 0 Å². The summed E-state index contributed by atoms with van der Waals surface area (Å²) in [5.41, 5.74) is 2.47. The molecule has 1 aromatic heterocycles. The lowest BCUT2D eigenvalue weighted by molar-refractivity contribution is -0.130. The van der Waals surface area contributed by atoms with Crippen LogP contribution in [0.2, 0.25) is 5.02 Å². The minimum atomic E-state index is 0.111. The zero-order valence-electron chi connectivity index (χ0n) is 19.9. The molecule has 0 aliphatic carbocycles. The number of carbonyl (C=O) groups is 1. The fourth-order valence-electron chi connectivity index (χ4n) is 4.21. The molecule has 5 rings (SSSR count). The highest BCUT2D eigenvalue weighted by Crippen LogP contribution is 2.33. The molecule has 0 radical (unpaired) electrons. The van der Waals surface area contributed by atoms with Crippen LogP contribution in [0.25, 0.3) is 10.9 Å². The first-order valence-corrected chi connectivity index (χ1v) is 12.2. The molecule has 1 saturated heterocycles. The molecule has 1 N–H and O–H groups in total. The smallest absolute Gasteiger partial charge is 0.219 e. The molecule has 7 heteroatoms. The van der Waals surface area contributed by atoms with E-state index < -0.39 is 0 Å². The second-order valence-electron chi connectivity index (χ2n) is 8.71. The number of halogens is 1. The van der Waals surface area contributed by atoms with Gasteiger partial charge in [0.1, 0.15) is 23.6 Å². The number of fused-ring (bicyclic) bond motifs is 1. The average molecular weight is 497 g/mol. The van der Waals surface area contributed by atoms with Crippen LogP contribution in [-0.4, -0.2) is 33.9 Å². The lowest BCUT2D eigenvalue weighted by Gasteiger charge is -2.29. The van der Waals surface area contributed by atoms with Gasteiger partial charge in [0.25, 0.3) is 0 Å². The summed E-state index contributed by atoms with van der Waals surface area (Å²) in [6, 6.07) is 20.9. The van der Waals surface area contributed by atoms with Crippen molar-refractivity contribution in [1.82, 2.24) is 14.9 Å². The van der Waals surface area contributed by atoms with Gasteiger partial charge >= 0.3 is 0 Å². The van der Waals surface area contributed by atoms with Crippen LogP contribution >= 0.6 is 11.6 Å². The number of nitrogens with one attached hydrogen (secondary N) is 1. The van der Waals surface area contributed by atoms with Crippen molar-refractivity contribution >= 4 is 39.9 Å². The maximum absolute atomic E-state index is 11.7. The van der Waals surface area contributed by atoms with E-state index in [0.29, 0.717) is 23.1 Å². The maximum atomic E-state index is 11.7. The van der Waals surface area contributed by atoms with Gasteiger partial charge in [-0.2, -0.15) is 0 Å². The van der Waals surface area contributed by atoms with Crippen LogP contribution < -0.4 is 10.1 Å². The number of anilines is 2. The lowest BCUT2D eigenvalue weighted by atomic mass is 9.98. The minimum absolute atomic E-state index is 0.111. The van der Waals surface area contributed by atoms with E-state index in [1.54, 1.807) is 13.0 Å². The minimum Gasteiger partial charge on any atom is -0.456 e. The summed E-state index contributed by atoms with van der Waals surface area (Å²) < 4.78 is 5.87. The Labute approximate surface area is 215 Å². The van der Waals surface area contributed by atoms with Gasteiger partial charge in [-0.15, -0.1) is 0 Å². The largest absolute Gasteiger partial charge is 0.456 e. The predicted molar refractivity (Wildman–Crippen MR) is 143 cm³/mol. The van der Waals surface area contributed by atoms with Crippen LogP contribution in [0.4, 0.5) is 11.5 Å². The van der Waals surface area contributed by atoms with Crippen LogP contribution in [0.5, 0.6) is 11.5 Å². The number of rotatable bonds is 4. The number of carbonyl (C=O) groups excluding carboxylic acids is 1. The van der Waals surface area contributed by atoms with Crippen molar-refractivity contribution in [3.8, 4) is 23.3 Å². The van der Waals surface area contributed by atoms with Gasteiger partial charge < -0.3 is 15.0 Å². The molecule has 1 aliphatic rings. The maximum Gasteiger partial charge on any atom is 0.219 e. The number of aromatic nitrogens is 2. The molecule has 1 aliphatic heterocycles. The molecule has 6 nitrogen and oxygen atoms in total. The Kier molecular flexibility index (Phi) is 7.01. The van der Waals surface area contributed by atoms with E-state index in [2.05, 4.69) is 27.1 Å². The van der Waals surface area contributed by atoms with E-state index in [0.717, 1.165) is 47.3 Å². The normalized spacial score (nSPS) is 15.2. The number of benzene rings is 3. The first kappa shape index (κ1) is 23.7. The molecule has 36 heavy (non-hydrogen) atoms. The number of amides is 1. The number of para-hydroxylation sites is 1. The van der Waals surface area contributed by atoms with E-state index in [9.17, 15) is 4.79 Å². The summed E-state index contributed by atoms with van der Waals surface area (Å²) in [5, 5.41) is 4.69. The van der Waals surface area contributed by atoms with Gasteiger partial charge in [-0.05, 0) is 61.4 Å². The zero-order chi connectivity index (χ0) is 24.9. The average Bonchev–Trinajstić information content (AvgIpc) is 2.90. The highest BCUT2D eigenvalue weighted by atomic mass is 35.5. The molecule has 180 valence electrons. The van der Waals surface area contributed by atoms with E-state index in [-0.39, 0.29) is 11.8 Å². The predicted octanol–water partition coefficient (Wildman–Crippen LogP) is 6.43. The number of ether oxygens (including phenoxy) is 1. The topological polar surface area (TPSA) is 67.4 Å². The molecule has 1 amide bonds. The summed E-state index contributed by atoms with van der Waals surface area (Å²) in [4.78, 5) is 22.4. The summed E-state index contributed by atoms with van der Waals surface area (Å²) in [7, 11) is 0. The zero-order valence-corrected chi connectivity index (χ0v) is 20.6. The van der Waals surface area contributed by atoms with Gasteiger partial charge in [-0.1, -0.05) is 41.6 Å². The quantitative estimate of drug-likeness (QED) is 0.330. The molecule has 1 unspecified atom stereocenters. The molecular weight excluding hydrogens is 472 g/mol. The summed E-state index contributed by atoms with van der Waals surface area (Å²) in [5.74, 6) is 8.89. The number of hydrogen-bond donors (Lipinski definition) is 1. The van der Waals surface area contributed by atoms with Crippen LogP contribution in [0.3, 0.4) is 0 Å². The molecule has 1 atom stereocenters. The van der Waals surface area contributed by atoms with Gasteiger partial charge in [0.2, 0.25) is 5.91 Å². The second kappa shape index (κ2) is 10.7. The summed E-state index contributed by atoms with van der Waals surface area (Å²) in [6.45, 7) is 3.13. The molecule has 0 spiro atoms. The number of likely N-dealkylation sites (tertiary alicyclic amines) is 1. The van der Waals surface area contributed by atoms with E-state index in [1.807, 2.05) is 65.6 Å². The monoisotopic (exact) mass is 496 g/mol. The van der Waals surface area contributed by atoms with Crippen LogP contribution in [-0.2, 0) is 4.79 Å². The Morgan fingerprint density at radius 2 is 1.97 bits per heavy atom. The molecule has 4 aromatic rings. The summed E-state index contributed by atoms with van der Waals surface area (Å²) in [6.07, 6.45) is 3.52. The van der Waals surface area contributed by atoms with Crippen molar-refractivity contribution < 1.29 is 9.53 Å². The van der Waals surface area contributed by atoms with Gasteiger partial charge in [0.15, 0.2) is 0 Å². The third kappa shape index (κ3) is 5.59. The first-order chi connectivity index (χ1) is 17.5. The van der Waals surface area contributed by atoms with Crippen molar-refractivity contribution in [2.75, 3.05) is 18.4 Å². The van der Waals surface area contributed by atoms with Gasteiger partial charge in [-0.3, -0.25) is 4.79 Å². The lowest BCUT2D eigenvalue weighted by Crippen LogP contribution is -2.38. The molecular formula is C29H25ClN4O2. The number of hydrogen-bond acceptors (Lipinski definition) is 5. The highest BCUT2D eigenvalue weighted by Gasteiger charge is 2.19.